The van der Waals surface area contributed by atoms with Gasteiger partial charge in [0.2, 0.25) is 0 Å². The van der Waals surface area contributed by atoms with Crippen molar-refractivity contribution in [1.82, 2.24) is 19.6 Å². The zero-order valence-corrected chi connectivity index (χ0v) is 15.0. The Morgan fingerprint density at radius 2 is 2.08 bits per heavy atom. The molecule has 0 atom stereocenters. The van der Waals surface area contributed by atoms with Gasteiger partial charge in [0.1, 0.15) is 5.69 Å². The lowest BCUT2D eigenvalue weighted by Gasteiger charge is -2.32. The number of likely N-dealkylation sites (tertiary alicyclic amines) is 1. The number of nitrogens with one attached hydrogen (secondary N) is 1. The number of carbonyl (C=O) groups is 1. The van der Waals surface area contributed by atoms with Crippen molar-refractivity contribution in [2.24, 2.45) is 0 Å². The predicted octanol–water partition coefficient (Wildman–Crippen LogP) is 2.40. The second kappa shape index (κ2) is 6.67. The fourth-order valence-electron chi connectivity index (χ4n) is 3.80. The molecule has 0 bridgehead atoms. The summed E-state index contributed by atoms with van der Waals surface area (Å²) < 4.78 is 7.48. The summed E-state index contributed by atoms with van der Waals surface area (Å²) in [6.07, 6.45) is 6.63. The summed E-state index contributed by atoms with van der Waals surface area (Å²) in [6, 6.07) is 4.85. The van der Waals surface area contributed by atoms with E-state index in [1.807, 2.05) is 36.6 Å². The van der Waals surface area contributed by atoms with E-state index in [0.717, 1.165) is 37.7 Å². The van der Waals surface area contributed by atoms with Gasteiger partial charge in [0.15, 0.2) is 11.4 Å². The first-order valence-corrected chi connectivity index (χ1v) is 9.32. The number of imidazole rings is 1. The molecular formula is C19H26N4O2. The Bertz CT molecular complexity index is 773. The average molecular weight is 342 g/mol. The second-order valence-electron chi connectivity index (χ2n) is 7.06. The maximum Gasteiger partial charge on any atom is 0.270 e. The van der Waals surface area contributed by atoms with Crippen LogP contribution in [-0.4, -0.2) is 52.0 Å². The van der Waals surface area contributed by atoms with Crippen molar-refractivity contribution >= 4 is 11.6 Å². The van der Waals surface area contributed by atoms with Crippen LogP contribution in [0.3, 0.4) is 0 Å². The summed E-state index contributed by atoms with van der Waals surface area (Å²) in [5.41, 5.74) is 2.05. The molecule has 4 rings (SSSR count). The molecule has 0 aromatic carbocycles. The third kappa shape index (κ3) is 3.23. The van der Waals surface area contributed by atoms with Gasteiger partial charge in [-0.1, -0.05) is 0 Å². The summed E-state index contributed by atoms with van der Waals surface area (Å²) in [7, 11) is 0. The summed E-state index contributed by atoms with van der Waals surface area (Å²) in [4.78, 5) is 20.0. The molecule has 6 nitrogen and oxygen atoms in total. The van der Waals surface area contributed by atoms with E-state index in [1.54, 1.807) is 0 Å². The minimum Gasteiger partial charge on any atom is -0.490 e. The van der Waals surface area contributed by atoms with E-state index < -0.39 is 0 Å². The van der Waals surface area contributed by atoms with E-state index in [4.69, 9.17) is 4.74 Å². The van der Waals surface area contributed by atoms with E-state index in [0.29, 0.717) is 23.7 Å². The normalized spacial score (nSPS) is 19.3. The summed E-state index contributed by atoms with van der Waals surface area (Å²) >= 11 is 0. The van der Waals surface area contributed by atoms with Gasteiger partial charge in [0.05, 0.1) is 12.3 Å². The van der Waals surface area contributed by atoms with Gasteiger partial charge in [-0.15, -0.1) is 0 Å². The van der Waals surface area contributed by atoms with Gasteiger partial charge in [-0.05, 0) is 51.7 Å². The molecule has 1 N–H and O–H groups in total. The molecule has 134 valence electrons. The largest absolute Gasteiger partial charge is 0.490 e. The van der Waals surface area contributed by atoms with Crippen LogP contribution < -0.4 is 10.1 Å². The summed E-state index contributed by atoms with van der Waals surface area (Å²) in [5.74, 6) is 0.674. The van der Waals surface area contributed by atoms with E-state index in [9.17, 15) is 4.79 Å². The number of hydrogen-bond acceptors (Lipinski definition) is 4. The lowest BCUT2D eigenvalue weighted by Crippen LogP contribution is -2.45. The maximum absolute atomic E-state index is 12.9. The highest BCUT2D eigenvalue weighted by Crippen LogP contribution is 2.29. The highest BCUT2D eigenvalue weighted by atomic mass is 16.5. The van der Waals surface area contributed by atoms with Crippen LogP contribution in [0.25, 0.3) is 5.65 Å². The molecule has 0 radical (unpaired) electrons. The molecule has 2 aromatic heterocycles. The molecular weight excluding hydrogens is 316 g/mol. The van der Waals surface area contributed by atoms with Crippen molar-refractivity contribution in [3.05, 3.63) is 29.7 Å². The molecule has 1 saturated heterocycles. The fraction of sp³-hybridized carbons (Fsp3) is 0.579. The monoisotopic (exact) mass is 342 g/mol. The van der Waals surface area contributed by atoms with Gasteiger partial charge >= 0.3 is 0 Å². The number of aromatic nitrogens is 2. The number of carbonyl (C=O) groups excluding carboxylic acids is 1. The number of nitrogens with zero attached hydrogens (tertiary/aromatic N) is 3. The molecule has 1 aliphatic carbocycles. The van der Waals surface area contributed by atoms with Crippen LogP contribution in [-0.2, 0) is 0 Å². The topological polar surface area (TPSA) is 58.9 Å². The predicted molar refractivity (Wildman–Crippen MR) is 96.2 cm³/mol. The first-order chi connectivity index (χ1) is 12.2. The van der Waals surface area contributed by atoms with Crippen molar-refractivity contribution in [3.8, 4) is 5.75 Å². The molecule has 2 aromatic rings. The van der Waals surface area contributed by atoms with Gasteiger partial charge in [0.25, 0.3) is 5.91 Å². The molecule has 2 aliphatic rings. The third-order valence-corrected chi connectivity index (χ3v) is 5.23. The first kappa shape index (κ1) is 16.4. The number of hydrogen-bond donors (Lipinski definition) is 1. The summed E-state index contributed by atoms with van der Waals surface area (Å²) in [5, 5.41) is 3.22. The Hall–Kier alpha value is -2.08. The molecule has 0 unspecified atom stereocenters. The van der Waals surface area contributed by atoms with Gasteiger partial charge in [-0.3, -0.25) is 9.20 Å². The lowest BCUT2D eigenvalue weighted by molar-refractivity contribution is 0.0902. The number of fused-ring (bicyclic) bond motifs is 1. The highest BCUT2D eigenvalue weighted by Gasteiger charge is 2.32. The molecule has 1 saturated carbocycles. The smallest absolute Gasteiger partial charge is 0.270 e. The Morgan fingerprint density at radius 3 is 2.76 bits per heavy atom. The fourth-order valence-corrected chi connectivity index (χ4v) is 3.80. The molecule has 0 spiro atoms. The average Bonchev–Trinajstić information content (AvgIpc) is 3.38. The molecule has 1 aliphatic heterocycles. The summed E-state index contributed by atoms with van der Waals surface area (Å²) in [6.45, 7) is 6.59. The van der Waals surface area contributed by atoms with Crippen molar-refractivity contribution in [3.63, 3.8) is 0 Å². The molecule has 1 amide bonds. The minimum absolute atomic E-state index is 0.0384. The van der Waals surface area contributed by atoms with Gasteiger partial charge in [-0.2, -0.15) is 0 Å². The molecule has 2 fully saturated rings. The van der Waals surface area contributed by atoms with Gasteiger partial charge < -0.3 is 15.0 Å². The van der Waals surface area contributed by atoms with Crippen LogP contribution in [0.15, 0.2) is 18.3 Å². The van der Waals surface area contributed by atoms with E-state index in [1.165, 1.54) is 12.8 Å². The quantitative estimate of drug-likeness (QED) is 0.906. The number of rotatable bonds is 5. The Morgan fingerprint density at radius 1 is 1.32 bits per heavy atom. The van der Waals surface area contributed by atoms with Crippen molar-refractivity contribution in [1.29, 1.82) is 0 Å². The van der Waals surface area contributed by atoms with Crippen LogP contribution >= 0.6 is 0 Å². The SMILES string of the molecule is CCOc1cccn2c(C(=O)NC3CCN(C4CC4)CC3)c(C)nc12. The first-order valence-electron chi connectivity index (χ1n) is 9.32. The minimum atomic E-state index is -0.0384. The second-order valence-corrected chi connectivity index (χ2v) is 7.06. The van der Waals surface area contributed by atoms with E-state index in [2.05, 4.69) is 15.2 Å². The zero-order chi connectivity index (χ0) is 17.4. The highest BCUT2D eigenvalue weighted by molar-refractivity contribution is 5.95. The number of aryl methyl sites for hydroxylation is 1. The molecule has 25 heavy (non-hydrogen) atoms. The number of ether oxygens (including phenoxy) is 1. The van der Waals surface area contributed by atoms with Crippen LogP contribution in [0.1, 0.15) is 48.8 Å². The Labute approximate surface area is 148 Å². The maximum atomic E-state index is 12.9. The van der Waals surface area contributed by atoms with Crippen LogP contribution in [0.5, 0.6) is 5.75 Å². The number of amides is 1. The zero-order valence-electron chi connectivity index (χ0n) is 15.0. The number of pyridine rings is 1. The van der Waals surface area contributed by atoms with Crippen molar-refractivity contribution in [2.75, 3.05) is 19.7 Å². The van der Waals surface area contributed by atoms with E-state index >= 15 is 0 Å². The van der Waals surface area contributed by atoms with Crippen molar-refractivity contribution < 1.29 is 9.53 Å². The van der Waals surface area contributed by atoms with Crippen molar-refractivity contribution in [2.45, 2.75) is 51.6 Å². The van der Waals surface area contributed by atoms with Crippen LogP contribution in [0.2, 0.25) is 0 Å². The number of piperidine rings is 1. The molecule has 3 heterocycles. The molecule has 6 heteroatoms. The van der Waals surface area contributed by atoms with Crippen LogP contribution in [0.4, 0.5) is 0 Å². The van der Waals surface area contributed by atoms with Gasteiger partial charge in [-0.25, -0.2) is 4.98 Å². The third-order valence-electron chi connectivity index (χ3n) is 5.23. The Balaban J connectivity index is 1.50. The lowest BCUT2D eigenvalue weighted by atomic mass is 10.0. The van der Waals surface area contributed by atoms with E-state index in [-0.39, 0.29) is 11.9 Å². The van der Waals surface area contributed by atoms with Crippen LogP contribution in [0, 0.1) is 6.92 Å². The van der Waals surface area contributed by atoms with Gasteiger partial charge in [0, 0.05) is 31.4 Å². The standard InChI is InChI=1S/C19H26N4O2/c1-3-25-16-5-4-10-23-17(13(2)20-18(16)23)19(24)21-14-8-11-22(12-9-14)15-6-7-15/h4-5,10,14-15H,3,6-9,11-12H2,1-2H3,(H,21,24). The Kier molecular flexibility index (Phi) is 4.37.